The van der Waals surface area contributed by atoms with Gasteiger partial charge in [-0.1, -0.05) is 0 Å². The molecule has 2 aliphatic rings. The third-order valence-electron chi connectivity index (χ3n) is 3.59. The summed E-state index contributed by atoms with van der Waals surface area (Å²) in [6.07, 6.45) is 4.73. The van der Waals surface area contributed by atoms with E-state index in [1.165, 1.54) is 41.3 Å². The number of rotatable bonds is 4. The van der Waals surface area contributed by atoms with Crippen molar-refractivity contribution in [2.75, 3.05) is 29.5 Å². The average molecular weight is 263 g/mol. The van der Waals surface area contributed by atoms with Crippen LogP contribution in [0.3, 0.4) is 0 Å². The lowest BCUT2D eigenvalue weighted by atomic mass is 10.2. The Morgan fingerprint density at radius 2 is 2.17 bits per heavy atom. The molecule has 1 N–H and O–H groups in total. The molecule has 0 radical (unpaired) electrons. The predicted molar refractivity (Wildman–Crippen MR) is 78.4 cm³/mol. The Morgan fingerprint density at radius 3 is 2.83 bits per heavy atom. The van der Waals surface area contributed by atoms with Crippen molar-refractivity contribution < 1.29 is 0 Å². The number of pyridine rings is 1. The van der Waals surface area contributed by atoms with Gasteiger partial charge >= 0.3 is 0 Å². The minimum atomic E-state index is 0.768. The minimum absolute atomic E-state index is 0.768. The summed E-state index contributed by atoms with van der Waals surface area (Å²) in [4.78, 5) is 7.10. The van der Waals surface area contributed by atoms with Gasteiger partial charge in [0.05, 0.1) is 0 Å². The van der Waals surface area contributed by atoms with Crippen molar-refractivity contribution in [2.45, 2.75) is 32.4 Å². The molecule has 3 nitrogen and oxygen atoms in total. The van der Waals surface area contributed by atoms with Gasteiger partial charge in [-0.15, -0.1) is 0 Å². The molecule has 1 aliphatic heterocycles. The van der Waals surface area contributed by atoms with Crippen LogP contribution in [0.4, 0.5) is 5.82 Å². The molecule has 18 heavy (non-hydrogen) atoms. The van der Waals surface area contributed by atoms with Crippen LogP contribution >= 0.6 is 11.8 Å². The predicted octanol–water partition coefficient (Wildman–Crippen LogP) is 2.20. The molecule has 0 atom stereocenters. The summed E-state index contributed by atoms with van der Waals surface area (Å²) in [6.45, 7) is 5.43. The fourth-order valence-electron chi connectivity index (χ4n) is 2.38. The van der Waals surface area contributed by atoms with Gasteiger partial charge in [-0.25, -0.2) is 4.98 Å². The first-order valence-electron chi connectivity index (χ1n) is 6.84. The fourth-order valence-corrected chi connectivity index (χ4v) is 3.28. The van der Waals surface area contributed by atoms with Gasteiger partial charge in [-0.3, -0.25) is 0 Å². The Balaban J connectivity index is 1.66. The topological polar surface area (TPSA) is 28.2 Å². The van der Waals surface area contributed by atoms with Crippen LogP contribution < -0.4 is 10.2 Å². The van der Waals surface area contributed by atoms with Crippen LogP contribution in [0.1, 0.15) is 24.0 Å². The molecule has 4 heteroatoms. The molecule has 1 saturated carbocycles. The number of hydrogen-bond donors (Lipinski definition) is 1. The van der Waals surface area contributed by atoms with E-state index in [0.29, 0.717) is 0 Å². The SMILES string of the molecule is Cc1cc(CNC2CC2)cnc1N1CCSCC1. The van der Waals surface area contributed by atoms with Gasteiger partial charge in [0, 0.05) is 43.4 Å². The number of nitrogens with zero attached hydrogens (tertiary/aromatic N) is 2. The van der Waals surface area contributed by atoms with Crippen molar-refractivity contribution in [1.29, 1.82) is 0 Å². The zero-order chi connectivity index (χ0) is 12.4. The summed E-state index contributed by atoms with van der Waals surface area (Å²) in [6, 6.07) is 3.06. The molecule has 98 valence electrons. The highest BCUT2D eigenvalue weighted by molar-refractivity contribution is 7.99. The summed E-state index contributed by atoms with van der Waals surface area (Å²) >= 11 is 2.04. The van der Waals surface area contributed by atoms with Crippen LogP contribution in [0.2, 0.25) is 0 Å². The van der Waals surface area contributed by atoms with E-state index in [0.717, 1.165) is 25.7 Å². The third kappa shape index (κ3) is 2.98. The van der Waals surface area contributed by atoms with E-state index >= 15 is 0 Å². The maximum atomic E-state index is 4.68. The molecule has 1 saturated heterocycles. The van der Waals surface area contributed by atoms with Crippen molar-refractivity contribution in [3.63, 3.8) is 0 Å². The Morgan fingerprint density at radius 1 is 1.39 bits per heavy atom. The van der Waals surface area contributed by atoms with Crippen LogP contribution in [-0.2, 0) is 6.54 Å². The van der Waals surface area contributed by atoms with Crippen LogP contribution in [0.25, 0.3) is 0 Å². The lowest BCUT2D eigenvalue weighted by molar-refractivity contribution is 0.685. The van der Waals surface area contributed by atoms with Crippen molar-refractivity contribution >= 4 is 17.6 Å². The van der Waals surface area contributed by atoms with Gasteiger partial charge in [0.25, 0.3) is 0 Å². The molecule has 0 unspecified atom stereocenters. The summed E-state index contributed by atoms with van der Waals surface area (Å²) < 4.78 is 0. The monoisotopic (exact) mass is 263 g/mol. The second-order valence-electron chi connectivity index (χ2n) is 5.24. The van der Waals surface area contributed by atoms with Gasteiger partial charge in [-0.05, 0) is 37.0 Å². The van der Waals surface area contributed by atoms with Gasteiger partial charge in [0.1, 0.15) is 5.82 Å². The van der Waals surface area contributed by atoms with E-state index < -0.39 is 0 Å². The van der Waals surface area contributed by atoms with Crippen LogP contribution in [0, 0.1) is 6.92 Å². The molecule has 1 aliphatic carbocycles. The maximum absolute atomic E-state index is 4.68. The van der Waals surface area contributed by atoms with Crippen LogP contribution in [0.15, 0.2) is 12.3 Å². The number of thioether (sulfide) groups is 1. The molecule has 1 aromatic heterocycles. The quantitative estimate of drug-likeness (QED) is 0.901. The lowest BCUT2D eigenvalue weighted by Gasteiger charge is -2.28. The number of aryl methyl sites for hydroxylation is 1. The lowest BCUT2D eigenvalue weighted by Crippen LogP contribution is -2.33. The van der Waals surface area contributed by atoms with Gasteiger partial charge in [0.2, 0.25) is 0 Å². The second-order valence-corrected chi connectivity index (χ2v) is 6.46. The zero-order valence-electron chi connectivity index (χ0n) is 11.0. The van der Waals surface area contributed by atoms with E-state index in [-0.39, 0.29) is 0 Å². The Hall–Kier alpha value is -0.740. The fraction of sp³-hybridized carbons (Fsp3) is 0.643. The standard InChI is InChI=1S/C14H21N3S/c1-11-8-12(9-15-13-2-3-13)10-16-14(11)17-4-6-18-7-5-17/h8,10,13,15H,2-7,9H2,1H3. The number of nitrogens with one attached hydrogen (secondary N) is 1. The molecular formula is C14H21N3S. The molecule has 0 amide bonds. The Labute approximate surface area is 113 Å². The smallest absolute Gasteiger partial charge is 0.131 e. The first kappa shape index (κ1) is 12.3. The second kappa shape index (κ2) is 5.49. The molecule has 3 rings (SSSR count). The highest BCUT2D eigenvalue weighted by atomic mass is 32.2. The molecule has 0 spiro atoms. The number of anilines is 1. The molecule has 2 heterocycles. The normalized spacial score (nSPS) is 20.2. The maximum Gasteiger partial charge on any atom is 0.131 e. The number of hydrogen-bond acceptors (Lipinski definition) is 4. The van der Waals surface area contributed by atoms with Crippen molar-refractivity contribution in [3.05, 3.63) is 23.4 Å². The van der Waals surface area contributed by atoms with Gasteiger partial charge in [0.15, 0.2) is 0 Å². The molecular weight excluding hydrogens is 242 g/mol. The summed E-state index contributed by atoms with van der Waals surface area (Å²) in [5.41, 5.74) is 2.63. The average Bonchev–Trinajstić information content (AvgIpc) is 3.21. The molecule has 0 bridgehead atoms. The van der Waals surface area contributed by atoms with Crippen LogP contribution in [0.5, 0.6) is 0 Å². The summed E-state index contributed by atoms with van der Waals surface area (Å²) in [5.74, 6) is 3.64. The third-order valence-corrected chi connectivity index (χ3v) is 4.53. The van der Waals surface area contributed by atoms with E-state index in [1.54, 1.807) is 0 Å². The van der Waals surface area contributed by atoms with E-state index in [1.807, 2.05) is 18.0 Å². The molecule has 2 fully saturated rings. The summed E-state index contributed by atoms with van der Waals surface area (Å²) in [7, 11) is 0. The van der Waals surface area contributed by atoms with E-state index in [4.69, 9.17) is 0 Å². The Kier molecular flexibility index (Phi) is 3.75. The highest BCUT2D eigenvalue weighted by Crippen LogP contribution is 2.23. The van der Waals surface area contributed by atoms with E-state index in [2.05, 4.69) is 28.2 Å². The van der Waals surface area contributed by atoms with Gasteiger partial charge in [-0.2, -0.15) is 11.8 Å². The minimum Gasteiger partial charge on any atom is -0.355 e. The molecule has 0 aromatic carbocycles. The van der Waals surface area contributed by atoms with Gasteiger partial charge < -0.3 is 10.2 Å². The Bertz CT molecular complexity index is 412. The first-order valence-corrected chi connectivity index (χ1v) is 8.00. The largest absolute Gasteiger partial charge is 0.355 e. The number of aromatic nitrogens is 1. The van der Waals surface area contributed by atoms with Crippen molar-refractivity contribution in [1.82, 2.24) is 10.3 Å². The zero-order valence-corrected chi connectivity index (χ0v) is 11.8. The van der Waals surface area contributed by atoms with Crippen molar-refractivity contribution in [2.24, 2.45) is 0 Å². The van der Waals surface area contributed by atoms with Crippen molar-refractivity contribution in [3.8, 4) is 0 Å². The van der Waals surface area contributed by atoms with E-state index in [9.17, 15) is 0 Å². The summed E-state index contributed by atoms with van der Waals surface area (Å²) in [5, 5.41) is 3.54. The molecule has 1 aromatic rings. The van der Waals surface area contributed by atoms with Crippen LogP contribution in [-0.4, -0.2) is 35.6 Å². The highest BCUT2D eigenvalue weighted by Gasteiger charge is 2.20. The first-order chi connectivity index (χ1) is 8.83.